The minimum Gasteiger partial charge on any atom is -0.455 e. The molecule has 4 aromatic rings. The summed E-state index contributed by atoms with van der Waals surface area (Å²) < 4.78 is 7.63. The van der Waals surface area contributed by atoms with Crippen LogP contribution in [0.2, 0.25) is 0 Å². The molecule has 0 unspecified atom stereocenters. The number of hydrogen-bond donors (Lipinski definition) is 0. The highest BCUT2D eigenvalue weighted by molar-refractivity contribution is 5.94. The number of ether oxygens (including phenoxy) is 1. The van der Waals surface area contributed by atoms with Gasteiger partial charge in [0.15, 0.2) is 0 Å². The highest BCUT2D eigenvalue weighted by Gasteiger charge is 2.45. The predicted molar refractivity (Wildman–Crippen MR) is 194 cm³/mol. The molecule has 0 aromatic heterocycles. The van der Waals surface area contributed by atoms with Crippen molar-refractivity contribution in [3.8, 4) is 33.8 Å². The third-order valence-corrected chi connectivity index (χ3v) is 13.2. The summed E-state index contributed by atoms with van der Waals surface area (Å²) in [5.41, 5.74) is 30.2. The zero-order valence-electron chi connectivity index (χ0n) is 31.4. The van der Waals surface area contributed by atoms with Crippen molar-refractivity contribution in [2.75, 3.05) is 0 Å². The van der Waals surface area contributed by atoms with Crippen LogP contribution in [0.1, 0.15) is 128 Å². The standard InChI is InChI=1S/C44H54O/c1-19-21(3)27(9)37-33(25(19)7)35-39(43(37,15)16)29(11)23(5)31(13)41(35)45-42-32(14)24(6)30(12)40-36(42)34-26(8)20(2)22(4)28(10)38(34)44(40,17)18/h1-18H3. The summed E-state index contributed by atoms with van der Waals surface area (Å²) in [7, 11) is 0. The molecule has 0 heterocycles. The molecule has 0 radical (unpaired) electrons. The van der Waals surface area contributed by atoms with E-state index >= 15 is 0 Å². The molecule has 0 saturated heterocycles. The van der Waals surface area contributed by atoms with E-state index < -0.39 is 0 Å². The minimum atomic E-state index is -0.115. The van der Waals surface area contributed by atoms with Gasteiger partial charge in [0.1, 0.15) is 11.5 Å². The fraction of sp³-hybridized carbons (Fsp3) is 0.455. The number of hydrogen-bond acceptors (Lipinski definition) is 1. The fourth-order valence-electron chi connectivity index (χ4n) is 9.71. The van der Waals surface area contributed by atoms with Gasteiger partial charge in [0.2, 0.25) is 0 Å². The molecule has 2 aliphatic rings. The highest BCUT2D eigenvalue weighted by atomic mass is 16.5. The topological polar surface area (TPSA) is 9.23 Å². The maximum atomic E-state index is 7.63. The van der Waals surface area contributed by atoms with E-state index in [-0.39, 0.29) is 10.8 Å². The van der Waals surface area contributed by atoms with Crippen molar-refractivity contribution in [2.45, 2.75) is 135 Å². The summed E-state index contributed by atoms with van der Waals surface area (Å²) >= 11 is 0. The Balaban J connectivity index is 1.79. The van der Waals surface area contributed by atoms with E-state index in [0.29, 0.717) is 0 Å². The van der Waals surface area contributed by atoms with Gasteiger partial charge in [0.05, 0.1) is 0 Å². The summed E-state index contributed by atoms with van der Waals surface area (Å²) in [5, 5.41) is 0. The van der Waals surface area contributed by atoms with Gasteiger partial charge in [-0.3, -0.25) is 0 Å². The molecule has 0 amide bonds. The van der Waals surface area contributed by atoms with Crippen LogP contribution in [-0.4, -0.2) is 0 Å². The molecule has 1 nitrogen and oxygen atoms in total. The van der Waals surface area contributed by atoms with E-state index in [1.165, 1.54) is 122 Å². The average Bonchev–Trinajstić information content (AvgIpc) is 3.37. The molecule has 0 bridgehead atoms. The van der Waals surface area contributed by atoms with Crippen molar-refractivity contribution in [1.82, 2.24) is 0 Å². The summed E-state index contributed by atoms with van der Waals surface area (Å²) in [6.07, 6.45) is 0. The van der Waals surface area contributed by atoms with Gasteiger partial charge in [-0.2, -0.15) is 0 Å². The Morgan fingerprint density at radius 1 is 0.267 bits per heavy atom. The summed E-state index contributed by atoms with van der Waals surface area (Å²) in [5.74, 6) is 2.09. The van der Waals surface area contributed by atoms with Crippen molar-refractivity contribution in [3.05, 3.63) is 100 Å². The molecule has 236 valence electrons. The first-order valence-electron chi connectivity index (χ1n) is 16.9. The molecule has 0 atom stereocenters. The third-order valence-electron chi connectivity index (χ3n) is 13.2. The second-order valence-electron chi connectivity index (χ2n) is 15.8. The van der Waals surface area contributed by atoms with Gasteiger partial charge in [-0.05, 0) is 208 Å². The Bertz CT molecular complexity index is 1890. The molecular weight excluding hydrogens is 544 g/mol. The molecular formula is C44H54O. The first-order valence-corrected chi connectivity index (χ1v) is 16.9. The Labute approximate surface area is 273 Å². The van der Waals surface area contributed by atoms with Crippen molar-refractivity contribution < 1.29 is 4.74 Å². The molecule has 2 aliphatic carbocycles. The first kappa shape index (κ1) is 31.7. The van der Waals surface area contributed by atoms with Gasteiger partial charge in [-0.25, -0.2) is 0 Å². The van der Waals surface area contributed by atoms with Crippen molar-refractivity contribution in [1.29, 1.82) is 0 Å². The molecule has 4 aromatic carbocycles. The van der Waals surface area contributed by atoms with Crippen LogP contribution in [0.4, 0.5) is 0 Å². The van der Waals surface area contributed by atoms with E-state index in [0.717, 1.165) is 11.5 Å². The highest BCUT2D eigenvalue weighted by Crippen LogP contribution is 2.62. The van der Waals surface area contributed by atoms with Gasteiger partial charge in [0.25, 0.3) is 0 Å². The molecule has 0 N–H and O–H groups in total. The van der Waals surface area contributed by atoms with E-state index in [1.54, 1.807) is 0 Å². The lowest BCUT2D eigenvalue weighted by molar-refractivity contribution is 0.475. The lowest BCUT2D eigenvalue weighted by Crippen LogP contribution is -2.20. The minimum absolute atomic E-state index is 0.115. The van der Waals surface area contributed by atoms with E-state index in [2.05, 4.69) is 125 Å². The maximum Gasteiger partial charge on any atom is 0.138 e. The predicted octanol–water partition coefficient (Wildman–Crippen LogP) is 12.4. The monoisotopic (exact) mass is 598 g/mol. The number of fused-ring (bicyclic) bond motifs is 6. The molecule has 1 heteroatoms. The van der Waals surface area contributed by atoms with Gasteiger partial charge in [0, 0.05) is 22.0 Å². The first-order chi connectivity index (χ1) is 20.7. The fourth-order valence-corrected chi connectivity index (χ4v) is 9.71. The summed E-state index contributed by atoms with van der Waals surface area (Å²) in [6.45, 7) is 42.0. The summed E-state index contributed by atoms with van der Waals surface area (Å²) in [6, 6.07) is 0. The smallest absolute Gasteiger partial charge is 0.138 e. The third kappa shape index (κ3) is 3.68. The van der Waals surface area contributed by atoms with Crippen LogP contribution in [0, 0.1) is 96.9 Å². The van der Waals surface area contributed by atoms with Crippen LogP contribution in [0.3, 0.4) is 0 Å². The molecule has 0 saturated carbocycles. The zero-order chi connectivity index (χ0) is 33.6. The molecule has 0 aliphatic heterocycles. The molecule has 0 fully saturated rings. The van der Waals surface area contributed by atoms with Crippen LogP contribution < -0.4 is 4.74 Å². The Morgan fingerprint density at radius 2 is 0.489 bits per heavy atom. The van der Waals surface area contributed by atoms with Crippen molar-refractivity contribution in [3.63, 3.8) is 0 Å². The maximum absolute atomic E-state index is 7.63. The van der Waals surface area contributed by atoms with Crippen LogP contribution in [-0.2, 0) is 10.8 Å². The zero-order valence-corrected chi connectivity index (χ0v) is 31.4. The van der Waals surface area contributed by atoms with Crippen LogP contribution in [0.15, 0.2) is 0 Å². The van der Waals surface area contributed by atoms with Gasteiger partial charge in [-0.15, -0.1) is 0 Å². The van der Waals surface area contributed by atoms with Gasteiger partial charge >= 0.3 is 0 Å². The SMILES string of the molecule is Cc1c(C)c(C)c2c(c1C)-c1c(Oc3c(C)c(C)c(C)c4c3-c3c(C)c(C)c(C)c(C)c3C4(C)C)c(C)c(C)c(C)c1C2(C)C. The van der Waals surface area contributed by atoms with E-state index in [4.69, 9.17) is 4.74 Å². The Morgan fingerprint density at radius 3 is 0.778 bits per heavy atom. The van der Waals surface area contributed by atoms with Crippen LogP contribution >= 0.6 is 0 Å². The van der Waals surface area contributed by atoms with Crippen molar-refractivity contribution in [2.24, 2.45) is 0 Å². The number of benzene rings is 4. The second-order valence-corrected chi connectivity index (χ2v) is 15.8. The second kappa shape index (κ2) is 9.60. The lowest BCUT2D eigenvalue weighted by Gasteiger charge is -2.29. The van der Waals surface area contributed by atoms with Gasteiger partial charge < -0.3 is 4.74 Å². The van der Waals surface area contributed by atoms with E-state index in [9.17, 15) is 0 Å². The van der Waals surface area contributed by atoms with E-state index in [1.807, 2.05) is 0 Å². The number of rotatable bonds is 2. The quantitative estimate of drug-likeness (QED) is 0.223. The molecule has 45 heavy (non-hydrogen) atoms. The molecule has 0 spiro atoms. The average molecular weight is 599 g/mol. The Kier molecular flexibility index (Phi) is 6.75. The molecule has 6 rings (SSSR count). The van der Waals surface area contributed by atoms with Crippen molar-refractivity contribution >= 4 is 0 Å². The summed E-state index contributed by atoms with van der Waals surface area (Å²) in [4.78, 5) is 0. The van der Waals surface area contributed by atoms with Gasteiger partial charge in [-0.1, -0.05) is 27.7 Å². The normalized spacial score (nSPS) is 15.2. The lowest BCUT2D eigenvalue weighted by atomic mass is 9.76. The van der Waals surface area contributed by atoms with Crippen LogP contribution in [0.5, 0.6) is 11.5 Å². The Hall–Kier alpha value is -3.32. The largest absolute Gasteiger partial charge is 0.455 e. The van der Waals surface area contributed by atoms with Crippen LogP contribution in [0.25, 0.3) is 22.3 Å².